The van der Waals surface area contributed by atoms with E-state index in [1.54, 1.807) is 11.3 Å². The van der Waals surface area contributed by atoms with Crippen LogP contribution in [0.5, 0.6) is 0 Å². The van der Waals surface area contributed by atoms with Gasteiger partial charge >= 0.3 is 0 Å². The molecule has 0 bridgehead atoms. The SMILES string of the molecule is CCCC(CCCc1nccs1)NCC. The second kappa shape index (κ2) is 7.83. The second-order valence-electron chi connectivity index (χ2n) is 3.86. The fourth-order valence-electron chi connectivity index (χ4n) is 1.86. The highest BCUT2D eigenvalue weighted by atomic mass is 32.1. The Labute approximate surface area is 97.1 Å². The smallest absolute Gasteiger partial charge is 0.0924 e. The van der Waals surface area contributed by atoms with E-state index in [1.165, 1.54) is 30.7 Å². The molecule has 0 aliphatic rings. The highest BCUT2D eigenvalue weighted by molar-refractivity contribution is 7.09. The Hall–Kier alpha value is -0.410. The Balaban J connectivity index is 2.15. The van der Waals surface area contributed by atoms with E-state index in [1.807, 2.05) is 6.20 Å². The van der Waals surface area contributed by atoms with Crippen molar-refractivity contribution >= 4 is 11.3 Å². The van der Waals surface area contributed by atoms with E-state index in [9.17, 15) is 0 Å². The summed E-state index contributed by atoms with van der Waals surface area (Å²) in [5, 5.41) is 6.88. The van der Waals surface area contributed by atoms with Crippen LogP contribution < -0.4 is 5.32 Å². The van der Waals surface area contributed by atoms with Crippen molar-refractivity contribution in [1.82, 2.24) is 10.3 Å². The minimum Gasteiger partial charge on any atom is -0.314 e. The van der Waals surface area contributed by atoms with Crippen molar-refractivity contribution in [1.29, 1.82) is 0 Å². The van der Waals surface area contributed by atoms with Gasteiger partial charge in [-0.15, -0.1) is 11.3 Å². The number of aryl methyl sites for hydroxylation is 1. The third-order valence-electron chi connectivity index (χ3n) is 2.56. The highest BCUT2D eigenvalue weighted by Crippen LogP contribution is 2.11. The largest absolute Gasteiger partial charge is 0.314 e. The molecule has 0 saturated heterocycles. The van der Waals surface area contributed by atoms with E-state index in [0.717, 1.165) is 13.0 Å². The van der Waals surface area contributed by atoms with Crippen LogP contribution in [0.2, 0.25) is 0 Å². The molecule has 3 heteroatoms. The summed E-state index contributed by atoms with van der Waals surface area (Å²) in [5.74, 6) is 0. The average molecular weight is 226 g/mol. The van der Waals surface area contributed by atoms with E-state index in [-0.39, 0.29) is 0 Å². The first-order chi connectivity index (χ1) is 7.36. The van der Waals surface area contributed by atoms with Gasteiger partial charge in [0.05, 0.1) is 5.01 Å². The van der Waals surface area contributed by atoms with Gasteiger partial charge in [-0.2, -0.15) is 0 Å². The van der Waals surface area contributed by atoms with Crippen LogP contribution in [0.15, 0.2) is 11.6 Å². The Morgan fingerprint density at radius 3 is 2.87 bits per heavy atom. The van der Waals surface area contributed by atoms with Crippen LogP contribution in [0.3, 0.4) is 0 Å². The summed E-state index contributed by atoms with van der Waals surface area (Å²) in [4.78, 5) is 4.30. The van der Waals surface area contributed by atoms with Crippen LogP contribution in [-0.2, 0) is 6.42 Å². The van der Waals surface area contributed by atoms with E-state index in [0.29, 0.717) is 6.04 Å². The van der Waals surface area contributed by atoms with Gasteiger partial charge in [0, 0.05) is 17.6 Å². The van der Waals surface area contributed by atoms with Crippen molar-refractivity contribution in [3.63, 3.8) is 0 Å². The summed E-state index contributed by atoms with van der Waals surface area (Å²) in [6.45, 7) is 5.52. The average Bonchev–Trinajstić information content (AvgIpc) is 2.71. The lowest BCUT2D eigenvalue weighted by Gasteiger charge is -2.16. The van der Waals surface area contributed by atoms with Gasteiger partial charge in [0.1, 0.15) is 0 Å². The standard InChI is InChI=1S/C12H22N2S/c1-3-6-11(13-4-2)7-5-8-12-14-9-10-15-12/h9-11,13H,3-8H2,1-2H3. The van der Waals surface area contributed by atoms with Crippen LogP contribution in [-0.4, -0.2) is 17.6 Å². The molecule has 0 aliphatic carbocycles. The number of hydrogen-bond donors (Lipinski definition) is 1. The fraction of sp³-hybridized carbons (Fsp3) is 0.750. The van der Waals surface area contributed by atoms with Crippen molar-refractivity contribution in [2.75, 3.05) is 6.54 Å². The molecular formula is C12H22N2S. The van der Waals surface area contributed by atoms with Crippen LogP contribution in [0.1, 0.15) is 44.5 Å². The second-order valence-corrected chi connectivity index (χ2v) is 4.84. The minimum atomic E-state index is 0.708. The molecule has 1 atom stereocenters. The van der Waals surface area contributed by atoms with Crippen molar-refractivity contribution in [2.45, 2.75) is 52.0 Å². The van der Waals surface area contributed by atoms with Crippen LogP contribution in [0.25, 0.3) is 0 Å². The summed E-state index contributed by atoms with van der Waals surface area (Å²) in [5.41, 5.74) is 0. The topological polar surface area (TPSA) is 24.9 Å². The maximum Gasteiger partial charge on any atom is 0.0924 e. The lowest BCUT2D eigenvalue weighted by molar-refractivity contribution is 0.447. The molecule has 15 heavy (non-hydrogen) atoms. The molecule has 1 N–H and O–H groups in total. The predicted octanol–water partition coefficient (Wildman–Crippen LogP) is 3.24. The molecule has 0 aliphatic heterocycles. The summed E-state index contributed by atoms with van der Waals surface area (Å²) < 4.78 is 0. The minimum absolute atomic E-state index is 0.708. The maximum absolute atomic E-state index is 4.30. The summed E-state index contributed by atoms with van der Waals surface area (Å²) in [6.07, 6.45) is 8.14. The predicted molar refractivity (Wildman–Crippen MR) is 67.4 cm³/mol. The van der Waals surface area contributed by atoms with Gasteiger partial charge in [-0.05, 0) is 32.2 Å². The molecule has 1 aromatic rings. The number of thiazole rings is 1. The lowest BCUT2D eigenvalue weighted by atomic mass is 10.1. The Morgan fingerprint density at radius 2 is 2.27 bits per heavy atom. The summed E-state index contributed by atoms with van der Waals surface area (Å²) >= 11 is 1.77. The zero-order valence-electron chi connectivity index (χ0n) is 9.83. The monoisotopic (exact) mass is 226 g/mol. The lowest BCUT2D eigenvalue weighted by Crippen LogP contribution is -2.28. The summed E-state index contributed by atoms with van der Waals surface area (Å²) in [7, 11) is 0. The third kappa shape index (κ3) is 5.28. The van der Waals surface area contributed by atoms with Gasteiger partial charge in [-0.3, -0.25) is 0 Å². The van der Waals surface area contributed by atoms with Crippen LogP contribution in [0, 0.1) is 0 Å². The van der Waals surface area contributed by atoms with Crippen molar-refractivity contribution < 1.29 is 0 Å². The van der Waals surface area contributed by atoms with Crippen molar-refractivity contribution in [2.24, 2.45) is 0 Å². The molecule has 2 nitrogen and oxygen atoms in total. The normalized spacial score (nSPS) is 12.9. The molecule has 0 aromatic carbocycles. The Bertz CT molecular complexity index is 228. The van der Waals surface area contributed by atoms with E-state index < -0.39 is 0 Å². The first-order valence-corrected chi connectivity index (χ1v) is 6.86. The van der Waals surface area contributed by atoms with E-state index in [2.05, 4.69) is 29.5 Å². The molecule has 86 valence electrons. The van der Waals surface area contributed by atoms with Gasteiger partial charge in [0.25, 0.3) is 0 Å². The quantitative estimate of drug-likeness (QED) is 0.736. The molecule has 0 fully saturated rings. The molecule has 0 amide bonds. The number of rotatable bonds is 8. The van der Waals surface area contributed by atoms with Gasteiger partial charge in [0.15, 0.2) is 0 Å². The molecule has 1 aromatic heterocycles. The van der Waals surface area contributed by atoms with Crippen molar-refractivity contribution in [3.05, 3.63) is 16.6 Å². The van der Waals surface area contributed by atoms with Crippen molar-refractivity contribution in [3.8, 4) is 0 Å². The molecule has 1 heterocycles. The number of aromatic nitrogens is 1. The first kappa shape index (κ1) is 12.7. The Morgan fingerprint density at radius 1 is 1.40 bits per heavy atom. The van der Waals surface area contributed by atoms with Gasteiger partial charge in [-0.1, -0.05) is 20.3 Å². The molecule has 1 unspecified atom stereocenters. The highest BCUT2D eigenvalue weighted by Gasteiger charge is 2.05. The molecule has 1 rings (SSSR count). The van der Waals surface area contributed by atoms with Gasteiger partial charge < -0.3 is 5.32 Å². The fourth-order valence-corrected chi connectivity index (χ4v) is 2.52. The van der Waals surface area contributed by atoms with E-state index >= 15 is 0 Å². The Kier molecular flexibility index (Phi) is 6.60. The molecule has 0 radical (unpaired) electrons. The molecular weight excluding hydrogens is 204 g/mol. The van der Waals surface area contributed by atoms with Crippen LogP contribution in [0.4, 0.5) is 0 Å². The van der Waals surface area contributed by atoms with Crippen LogP contribution >= 0.6 is 11.3 Å². The number of nitrogens with one attached hydrogen (secondary N) is 1. The maximum atomic E-state index is 4.30. The zero-order chi connectivity index (χ0) is 10.9. The number of nitrogens with zero attached hydrogens (tertiary/aromatic N) is 1. The number of hydrogen-bond acceptors (Lipinski definition) is 3. The molecule has 0 saturated carbocycles. The van der Waals surface area contributed by atoms with Gasteiger partial charge in [0.2, 0.25) is 0 Å². The first-order valence-electron chi connectivity index (χ1n) is 5.98. The summed E-state index contributed by atoms with van der Waals surface area (Å²) in [6, 6.07) is 0.708. The van der Waals surface area contributed by atoms with Gasteiger partial charge in [-0.25, -0.2) is 4.98 Å². The molecule has 0 spiro atoms. The van der Waals surface area contributed by atoms with E-state index in [4.69, 9.17) is 0 Å². The third-order valence-corrected chi connectivity index (χ3v) is 3.40. The zero-order valence-corrected chi connectivity index (χ0v) is 10.6.